The van der Waals surface area contributed by atoms with Crippen LogP contribution in [0, 0.1) is 24.2 Å². The van der Waals surface area contributed by atoms with Crippen LogP contribution < -0.4 is 5.73 Å². The van der Waals surface area contributed by atoms with E-state index in [4.69, 9.17) is 11.0 Å². The number of nitrogens with two attached hydrogens (primary N) is 1. The van der Waals surface area contributed by atoms with Crippen LogP contribution in [0.25, 0.3) is 0 Å². The third-order valence-electron chi connectivity index (χ3n) is 4.18. The van der Waals surface area contributed by atoms with E-state index in [1.807, 2.05) is 13.0 Å². The van der Waals surface area contributed by atoms with Gasteiger partial charge in [0.05, 0.1) is 16.5 Å². The van der Waals surface area contributed by atoms with E-state index in [0.29, 0.717) is 30.1 Å². The molecule has 1 aliphatic rings. The first-order valence-corrected chi connectivity index (χ1v) is 8.56. The summed E-state index contributed by atoms with van der Waals surface area (Å²) in [5.74, 6) is 0.378. The second-order valence-corrected chi connectivity index (χ2v) is 7.60. The van der Waals surface area contributed by atoms with Crippen molar-refractivity contribution in [3.63, 3.8) is 0 Å². The third-order valence-corrected chi connectivity index (χ3v) is 6.22. The maximum Gasteiger partial charge on any atom is 0.243 e. The van der Waals surface area contributed by atoms with Gasteiger partial charge in [0.15, 0.2) is 0 Å². The topological polar surface area (TPSA) is 87.2 Å². The van der Waals surface area contributed by atoms with Crippen molar-refractivity contribution in [2.45, 2.75) is 37.6 Å². The molecule has 0 saturated carbocycles. The van der Waals surface area contributed by atoms with E-state index in [1.54, 1.807) is 19.1 Å². The minimum Gasteiger partial charge on any atom is -0.328 e. The molecular formula is C15H22ClN3O2S. The highest BCUT2D eigenvalue weighted by Gasteiger charge is 2.31. The fraction of sp³-hybridized carbons (Fsp3) is 0.533. The smallest absolute Gasteiger partial charge is 0.243 e. The molecule has 2 N–H and O–H groups in total. The Kier molecular flexibility index (Phi) is 6.38. The summed E-state index contributed by atoms with van der Waals surface area (Å²) >= 11 is 0. The molecule has 1 saturated heterocycles. The Balaban J connectivity index is 0.00000242. The SMILES string of the molecule is Cc1ccc(C#N)cc1S(=O)(=O)N1CCC(C(C)N)CC1.Cl. The Morgan fingerprint density at radius 3 is 2.45 bits per heavy atom. The van der Waals surface area contributed by atoms with Crippen LogP contribution in [0.4, 0.5) is 0 Å². The predicted octanol–water partition coefficient (Wildman–Crippen LogP) is 2.04. The molecular weight excluding hydrogens is 322 g/mol. The lowest BCUT2D eigenvalue weighted by Gasteiger charge is -2.33. The van der Waals surface area contributed by atoms with Crippen LogP contribution in [0.5, 0.6) is 0 Å². The average Bonchev–Trinajstić information content (AvgIpc) is 2.47. The Labute approximate surface area is 138 Å². The van der Waals surface area contributed by atoms with Crippen LogP contribution in [0.2, 0.25) is 0 Å². The van der Waals surface area contributed by atoms with Gasteiger partial charge in [0.25, 0.3) is 0 Å². The maximum absolute atomic E-state index is 12.7. The van der Waals surface area contributed by atoms with Gasteiger partial charge < -0.3 is 5.73 Å². The second-order valence-electron chi connectivity index (χ2n) is 5.69. The molecule has 5 nitrogen and oxygen atoms in total. The van der Waals surface area contributed by atoms with Gasteiger partial charge in [0.1, 0.15) is 0 Å². The second kappa shape index (κ2) is 7.42. The van der Waals surface area contributed by atoms with Gasteiger partial charge in [0, 0.05) is 19.1 Å². The molecule has 1 fully saturated rings. The van der Waals surface area contributed by atoms with Gasteiger partial charge >= 0.3 is 0 Å². The minimum atomic E-state index is -3.53. The number of nitrogens with zero attached hydrogens (tertiary/aromatic N) is 2. The van der Waals surface area contributed by atoms with Crippen molar-refractivity contribution < 1.29 is 8.42 Å². The van der Waals surface area contributed by atoms with Crippen LogP contribution in [0.3, 0.4) is 0 Å². The summed E-state index contributed by atoms with van der Waals surface area (Å²) in [6.45, 7) is 4.70. The number of hydrogen-bond donors (Lipinski definition) is 1. The van der Waals surface area contributed by atoms with Crippen molar-refractivity contribution in [2.75, 3.05) is 13.1 Å². The zero-order valence-corrected chi connectivity index (χ0v) is 14.5. The van der Waals surface area contributed by atoms with E-state index in [0.717, 1.165) is 12.8 Å². The van der Waals surface area contributed by atoms with E-state index in [-0.39, 0.29) is 23.3 Å². The summed E-state index contributed by atoms with van der Waals surface area (Å²) in [5, 5.41) is 8.95. The van der Waals surface area contributed by atoms with E-state index >= 15 is 0 Å². The molecule has 0 aromatic heterocycles. The molecule has 22 heavy (non-hydrogen) atoms. The minimum absolute atomic E-state index is 0. The van der Waals surface area contributed by atoms with Gasteiger partial charge in [-0.2, -0.15) is 9.57 Å². The number of benzene rings is 1. The summed E-state index contributed by atoms with van der Waals surface area (Å²) in [7, 11) is -3.53. The monoisotopic (exact) mass is 343 g/mol. The summed E-state index contributed by atoms with van der Waals surface area (Å²) in [6.07, 6.45) is 1.57. The molecule has 0 bridgehead atoms. The number of piperidine rings is 1. The maximum atomic E-state index is 12.7. The highest BCUT2D eigenvalue weighted by atomic mass is 35.5. The van der Waals surface area contributed by atoms with Gasteiger partial charge in [-0.1, -0.05) is 6.07 Å². The van der Waals surface area contributed by atoms with E-state index in [2.05, 4.69) is 0 Å². The molecule has 1 unspecified atom stereocenters. The number of sulfonamides is 1. The third kappa shape index (κ3) is 3.79. The van der Waals surface area contributed by atoms with Crippen molar-refractivity contribution in [1.82, 2.24) is 4.31 Å². The van der Waals surface area contributed by atoms with E-state index < -0.39 is 10.0 Å². The van der Waals surface area contributed by atoms with Crippen LogP contribution >= 0.6 is 12.4 Å². The molecule has 1 heterocycles. The molecule has 0 spiro atoms. The van der Waals surface area contributed by atoms with Crippen LogP contribution in [-0.4, -0.2) is 31.9 Å². The summed E-state index contributed by atoms with van der Waals surface area (Å²) in [4.78, 5) is 0.237. The standard InChI is InChI=1S/C15H21N3O2S.ClH/c1-11-3-4-13(10-16)9-15(11)21(19,20)18-7-5-14(6-8-18)12(2)17;/h3-4,9,12,14H,5-8,17H2,1-2H3;1H. The van der Waals surface area contributed by atoms with E-state index in [1.165, 1.54) is 10.4 Å². The van der Waals surface area contributed by atoms with Crippen molar-refractivity contribution in [1.29, 1.82) is 5.26 Å². The molecule has 2 rings (SSSR count). The van der Waals surface area contributed by atoms with Crippen molar-refractivity contribution in [3.05, 3.63) is 29.3 Å². The molecule has 0 amide bonds. The Morgan fingerprint density at radius 1 is 1.36 bits per heavy atom. The highest BCUT2D eigenvalue weighted by Crippen LogP contribution is 2.27. The number of halogens is 1. The first-order chi connectivity index (χ1) is 9.86. The van der Waals surface area contributed by atoms with Crippen LogP contribution in [-0.2, 0) is 10.0 Å². The molecule has 0 radical (unpaired) electrons. The van der Waals surface area contributed by atoms with Crippen molar-refractivity contribution in [3.8, 4) is 6.07 Å². The lowest BCUT2D eigenvalue weighted by molar-refractivity contribution is 0.250. The molecule has 122 valence electrons. The number of hydrogen-bond acceptors (Lipinski definition) is 4. The van der Waals surface area contributed by atoms with Crippen molar-refractivity contribution >= 4 is 22.4 Å². The van der Waals surface area contributed by atoms with Crippen molar-refractivity contribution in [2.24, 2.45) is 11.7 Å². The molecule has 7 heteroatoms. The Hall–Kier alpha value is -1.13. The zero-order valence-electron chi connectivity index (χ0n) is 12.8. The number of rotatable bonds is 3. The lowest BCUT2D eigenvalue weighted by Crippen LogP contribution is -2.42. The first kappa shape index (κ1) is 18.9. The van der Waals surface area contributed by atoms with E-state index in [9.17, 15) is 8.42 Å². The number of aryl methyl sites for hydroxylation is 1. The normalized spacial score (nSPS) is 18.3. The average molecular weight is 344 g/mol. The zero-order chi connectivity index (χ0) is 15.6. The molecule has 1 aliphatic heterocycles. The predicted molar refractivity (Wildman–Crippen MR) is 88.3 cm³/mol. The fourth-order valence-corrected chi connectivity index (χ4v) is 4.45. The molecule has 1 atom stereocenters. The Morgan fingerprint density at radius 2 is 1.95 bits per heavy atom. The molecule has 0 aliphatic carbocycles. The molecule has 1 aromatic carbocycles. The summed E-state index contributed by atoms with van der Waals surface area (Å²) in [6, 6.07) is 6.86. The lowest BCUT2D eigenvalue weighted by atomic mass is 9.92. The first-order valence-electron chi connectivity index (χ1n) is 7.12. The van der Waals surface area contributed by atoms with Gasteiger partial charge in [-0.05, 0) is 50.3 Å². The van der Waals surface area contributed by atoms with Crippen LogP contribution in [0.1, 0.15) is 30.9 Å². The highest BCUT2D eigenvalue weighted by molar-refractivity contribution is 7.89. The van der Waals surface area contributed by atoms with Gasteiger partial charge in [-0.25, -0.2) is 8.42 Å². The Bertz CT molecular complexity index is 660. The summed E-state index contributed by atoms with van der Waals surface area (Å²) < 4.78 is 27.0. The largest absolute Gasteiger partial charge is 0.328 e. The van der Waals surface area contributed by atoms with Gasteiger partial charge in [-0.15, -0.1) is 12.4 Å². The van der Waals surface area contributed by atoms with Gasteiger partial charge in [0.2, 0.25) is 10.0 Å². The number of nitriles is 1. The quantitative estimate of drug-likeness (QED) is 0.909. The summed E-state index contributed by atoms with van der Waals surface area (Å²) in [5.41, 5.74) is 6.93. The van der Waals surface area contributed by atoms with Gasteiger partial charge in [-0.3, -0.25) is 0 Å². The van der Waals surface area contributed by atoms with Crippen LogP contribution in [0.15, 0.2) is 23.1 Å². The molecule has 1 aromatic rings. The fourth-order valence-electron chi connectivity index (χ4n) is 2.73.